The molecule has 10 heteroatoms. The normalized spacial score (nSPS) is 11.9. The third kappa shape index (κ3) is 5.44. The van der Waals surface area contributed by atoms with Crippen molar-refractivity contribution in [2.75, 3.05) is 19.0 Å². The number of amides is 1. The molecule has 0 aliphatic rings. The van der Waals surface area contributed by atoms with Gasteiger partial charge in [-0.25, -0.2) is 24.1 Å². The minimum Gasteiger partial charge on any atom is -0.487 e. The summed E-state index contributed by atoms with van der Waals surface area (Å²) in [6.07, 6.45) is 0.338. The van der Waals surface area contributed by atoms with Crippen molar-refractivity contribution in [3.63, 3.8) is 0 Å². The second-order valence-electron chi connectivity index (χ2n) is 8.38. The lowest BCUT2D eigenvalue weighted by atomic mass is 10.1. The van der Waals surface area contributed by atoms with E-state index in [1.165, 1.54) is 17.4 Å². The zero-order valence-electron chi connectivity index (χ0n) is 20.3. The first-order chi connectivity index (χ1) is 17.9. The van der Waals surface area contributed by atoms with Gasteiger partial charge in [0.1, 0.15) is 17.7 Å². The van der Waals surface area contributed by atoms with Gasteiger partial charge in [-0.3, -0.25) is 5.32 Å². The maximum absolute atomic E-state index is 14.8. The summed E-state index contributed by atoms with van der Waals surface area (Å²) in [7, 11) is 1.54. The molecule has 3 aromatic carbocycles. The smallest absolute Gasteiger partial charge is 0.412 e. The minimum atomic E-state index is -0.614. The molecular weight excluding hydrogens is 495 g/mol. The molecule has 37 heavy (non-hydrogen) atoms. The van der Waals surface area contributed by atoms with E-state index in [1.807, 2.05) is 25.1 Å². The average molecular weight is 519 g/mol. The molecule has 0 aliphatic carbocycles. The second kappa shape index (κ2) is 10.4. The zero-order valence-corrected chi connectivity index (χ0v) is 21.1. The van der Waals surface area contributed by atoms with Gasteiger partial charge in [0, 0.05) is 23.4 Å². The van der Waals surface area contributed by atoms with Crippen molar-refractivity contribution >= 4 is 44.4 Å². The van der Waals surface area contributed by atoms with Crippen LogP contribution < -0.4 is 14.8 Å². The molecule has 0 saturated carbocycles. The van der Waals surface area contributed by atoms with Crippen LogP contribution in [0.1, 0.15) is 12.5 Å². The van der Waals surface area contributed by atoms with Crippen LogP contribution in [-0.4, -0.2) is 40.9 Å². The highest BCUT2D eigenvalue weighted by Crippen LogP contribution is 2.37. The van der Waals surface area contributed by atoms with Gasteiger partial charge < -0.3 is 14.2 Å². The summed E-state index contributed by atoms with van der Waals surface area (Å²) in [6, 6.07) is 15.8. The number of carbonyl (C=O) groups is 1. The highest BCUT2D eigenvalue weighted by Gasteiger charge is 2.17. The number of hydrogen-bond donors (Lipinski definition) is 1. The SMILES string of the molecule is COc1cnc2c(-c3nc4cc(F)c(OCC(C)OC(=O)Nc5ccccc5)cc4s3)cc(C)cc2n1. The van der Waals surface area contributed by atoms with Gasteiger partial charge in [0.05, 0.1) is 34.6 Å². The summed E-state index contributed by atoms with van der Waals surface area (Å²) in [4.78, 5) is 25.7. The van der Waals surface area contributed by atoms with Gasteiger partial charge in [0.25, 0.3) is 0 Å². The lowest BCUT2D eigenvalue weighted by molar-refractivity contribution is 0.0844. The van der Waals surface area contributed by atoms with Gasteiger partial charge >= 0.3 is 6.09 Å². The number of methoxy groups -OCH3 is 1. The minimum absolute atomic E-state index is 0.0176. The highest BCUT2D eigenvalue weighted by molar-refractivity contribution is 7.21. The number of para-hydroxylation sites is 1. The van der Waals surface area contributed by atoms with Crippen molar-refractivity contribution in [1.29, 1.82) is 0 Å². The van der Waals surface area contributed by atoms with E-state index in [0.717, 1.165) is 15.8 Å². The van der Waals surface area contributed by atoms with Crippen LogP contribution in [0.2, 0.25) is 0 Å². The first-order valence-corrected chi connectivity index (χ1v) is 12.3. The van der Waals surface area contributed by atoms with Gasteiger partial charge in [-0.05, 0) is 43.7 Å². The predicted octanol–water partition coefficient (Wildman–Crippen LogP) is 6.38. The number of anilines is 1. The number of nitrogens with one attached hydrogen (secondary N) is 1. The summed E-state index contributed by atoms with van der Waals surface area (Å²) in [5.41, 5.74) is 4.29. The van der Waals surface area contributed by atoms with Crippen LogP contribution in [-0.2, 0) is 4.74 Å². The van der Waals surface area contributed by atoms with Crippen molar-refractivity contribution < 1.29 is 23.4 Å². The van der Waals surface area contributed by atoms with Crippen LogP contribution in [0.25, 0.3) is 31.8 Å². The Balaban J connectivity index is 1.33. The molecule has 0 aliphatic heterocycles. The number of halogens is 1. The summed E-state index contributed by atoms with van der Waals surface area (Å²) in [5.74, 6) is -0.0721. The number of carbonyl (C=O) groups excluding carboxylic acids is 1. The number of nitrogens with zero attached hydrogens (tertiary/aromatic N) is 3. The Hall–Kier alpha value is -4.31. The number of thiazole rings is 1. The molecule has 8 nitrogen and oxygen atoms in total. The third-order valence-corrected chi connectivity index (χ3v) is 6.50. The highest BCUT2D eigenvalue weighted by atomic mass is 32.1. The lowest BCUT2D eigenvalue weighted by Crippen LogP contribution is -2.25. The maximum atomic E-state index is 14.8. The van der Waals surface area contributed by atoms with Gasteiger partial charge in [-0.1, -0.05) is 18.2 Å². The number of aromatic nitrogens is 3. The number of ether oxygens (including phenoxy) is 3. The molecule has 1 N–H and O–H groups in total. The van der Waals surface area contributed by atoms with Crippen molar-refractivity contribution in [2.24, 2.45) is 0 Å². The molecule has 2 aromatic heterocycles. The van der Waals surface area contributed by atoms with Crippen molar-refractivity contribution in [1.82, 2.24) is 15.0 Å². The summed E-state index contributed by atoms with van der Waals surface area (Å²) in [6.45, 7) is 3.62. The molecule has 1 amide bonds. The third-order valence-electron chi connectivity index (χ3n) is 5.45. The molecule has 188 valence electrons. The monoisotopic (exact) mass is 518 g/mol. The molecule has 0 bridgehead atoms. The maximum Gasteiger partial charge on any atom is 0.412 e. The Kier molecular flexibility index (Phi) is 6.82. The van der Waals surface area contributed by atoms with Crippen molar-refractivity contribution in [2.45, 2.75) is 20.0 Å². The number of aryl methyl sites for hydroxylation is 1. The number of rotatable bonds is 7. The van der Waals surface area contributed by atoms with E-state index in [4.69, 9.17) is 14.2 Å². The Labute approximate surface area is 216 Å². The molecule has 5 rings (SSSR count). The van der Waals surface area contributed by atoms with E-state index >= 15 is 0 Å². The van der Waals surface area contributed by atoms with Crippen LogP contribution in [0.4, 0.5) is 14.9 Å². The van der Waals surface area contributed by atoms with Crippen LogP contribution in [0.15, 0.2) is 60.8 Å². The van der Waals surface area contributed by atoms with E-state index in [0.29, 0.717) is 33.1 Å². The van der Waals surface area contributed by atoms with Crippen LogP contribution in [0.5, 0.6) is 11.6 Å². The zero-order chi connectivity index (χ0) is 25.9. The molecule has 5 aromatic rings. The molecule has 0 spiro atoms. The summed E-state index contributed by atoms with van der Waals surface area (Å²) >= 11 is 1.40. The first-order valence-electron chi connectivity index (χ1n) is 11.5. The largest absolute Gasteiger partial charge is 0.487 e. The number of fused-ring (bicyclic) bond motifs is 2. The quantitative estimate of drug-likeness (QED) is 0.267. The van der Waals surface area contributed by atoms with E-state index in [2.05, 4.69) is 20.3 Å². The summed E-state index contributed by atoms with van der Waals surface area (Å²) in [5, 5.41) is 3.32. The Morgan fingerprint density at radius 2 is 1.92 bits per heavy atom. The van der Waals surface area contributed by atoms with Gasteiger partial charge in [0.2, 0.25) is 5.88 Å². The molecule has 0 saturated heterocycles. The Morgan fingerprint density at radius 3 is 2.70 bits per heavy atom. The molecule has 0 fully saturated rings. The Morgan fingerprint density at radius 1 is 1.11 bits per heavy atom. The fourth-order valence-corrected chi connectivity index (χ4v) is 4.75. The standard InChI is InChI=1S/C27H23FN4O4S/c1-15-9-18(25-21(10-15)31-24(34-3)13-29-25)26-32-20-11-19(28)22(12-23(20)37-26)35-14-16(2)36-27(33)30-17-7-5-4-6-8-17/h4-13,16H,14H2,1-3H3,(H,30,33). The van der Waals surface area contributed by atoms with Crippen molar-refractivity contribution in [3.05, 3.63) is 72.2 Å². The van der Waals surface area contributed by atoms with Crippen LogP contribution >= 0.6 is 11.3 Å². The van der Waals surface area contributed by atoms with Crippen LogP contribution in [0, 0.1) is 12.7 Å². The average Bonchev–Trinajstić information content (AvgIpc) is 3.29. The van der Waals surface area contributed by atoms with Gasteiger partial charge in [-0.2, -0.15) is 0 Å². The molecular formula is C27H23FN4O4S. The van der Waals surface area contributed by atoms with Gasteiger partial charge in [-0.15, -0.1) is 11.3 Å². The van der Waals surface area contributed by atoms with E-state index < -0.39 is 18.0 Å². The fraction of sp³-hybridized carbons (Fsp3) is 0.185. The predicted molar refractivity (Wildman–Crippen MR) is 141 cm³/mol. The lowest BCUT2D eigenvalue weighted by Gasteiger charge is -2.15. The number of benzene rings is 3. The van der Waals surface area contributed by atoms with E-state index in [-0.39, 0.29) is 12.4 Å². The molecule has 0 radical (unpaired) electrons. The van der Waals surface area contributed by atoms with E-state index in [9.17, 15) is 9.18 Å². The Bertz CT molecular complexity index is 1590. The molecule has 2 heterocycles. The van der Waals surface area contributed by atoms with Crippen molar-refractivity contribution in [3.8, 4) is 22.2 Å². The van der Waals surface area contributed by atoms with Gasteiger partial charge in [0.15, 0.2) is 11.6 Å². The number of hydrogen-bond acceptors (Lipinski definition) is 8. The second-order valence-corrected chi connectivity index (χ2v) is 9.41. The fourth-order valence-electron chi connectivity index (χ4n) is 3.76. The molecule has 1 unspecified atom stereocenters. The van der Waals surface area contributed by atoms with E-state index in [1.54, 1.807) is 50.6 Å². The molecule has 1 atom stereocenters. The first kappa shape index (κ1) is 24.4. The van der Waals surface area contributed by atoms with Crippen LogP contribution in [0.3, 0.4) is 0 Å². The topological polar surface area (TPSA) is 95.5 Å². The summed E-state index contributed by atoms with van der Waals surface area (Å²) < 4.78 is 31.7.